The maximum atomic E-state index is 14.3. The van der Waals surface area contributed by atoms with Crippen LogP contribution < -0.4 is 15.8 Å². The standard InChI is InChI=1S/C15H18ClFN4OS2/c16-10-6-14(24(22)21-15-19-4-5-23-15)11(17)7-13(10)20-8-9-2-1-3-12(9)18/h4-7,9,12,20H,1-3,8,18H2,(H,19,21). The van der Waals surface area contributed by atoms with Gasteiger partial charge in [-0.05, 0) is 30.9 Å². The molecule has 0 aliphatic heterocycles. The zero-order chi connectivity index (χ0) is 17.1. The van der Waals surface area contributed by atoms with Crippen molar-refractivity contribution in [1.82, 2.24) is 4.98 Å². The van der Waals surface area contributed by atoms with Crippen LogP contribution >= 0.6 is 22.9 Å². The van der Waals surface area contributed by atoms with E-state index in [1.165, 1.54) is 23.5 Å². The Bertz CT molecular complexity index is 729. The van der Waals surface area contributed by atoms with Crippen LogP contribution in [0.15, 0.2) is 28.6 Å². The van der Waals surface area contributed by atoms with Gasteiger partial charge in [-0.25, -0.2) is 13.6 Å². The van der Waals surface area contributed by atoms with Gasteiger partial charge in [0.2, 0.25) is 0 Å². The van der Waals surface area contributed by atoms with Gasteiger partial charge < -0.3 is 11.1 Å². The molecule has 130 valence electrons. The summed E-state index contributed by atoms with van der Waals surface area (Å²) in [7, 11) is -1.76. The molecule has 3 unspecified atom stereocenters. The molecule has 24 heavy (non-hydrogen) atoms. The maximum absolute atomic E-state index is 14.3. The minimum absolute atomic E-state index is 0.00156. The number of aromatic nitrogens is 1. The van der Waals surface area contributed by atoms with Crippen molar-refractivity contribution in [3.63, 3.8) is 0 Å². The third kappa shape index (κ3) is 4.05. The van der Waals surface area contributed by atoms with Crippen molar-refractivity contribution in [2.24, 2.45) is 11.7 Å². The number of rotatable bonds is 6. The fraction of sp³-hybridized carbons (Fsp3) is 0.400. The van der Waals surface area contributed by atoms with Gasteiger partial charge in [-0.1, -0.05) is 18.0 Å². The number of thiazole rings is 1. The van der Waals surface area contributed by atoms with Crippen LogP contribution in [0.5, 0.6) is 0 Å². The lowest BCUT2D eigenvalue weighted by Gasteiger charge is -2.18. The van der Waals surface area contributed by atoms with E-state index in [9.17, 15) is 8.60 Å². The Morgan fingerprint density at radius 2 is 2.29 bits per heavy atom. The summed E-state index contributed by atoms with van der Waals surface area (Å²) >= 11 is 7.50. The third-order valence-electron chi connectivity index (χ3n) is 4.11. The number of nitrogens with one attached hydrogen (secondary N) is 2. The monoisotopic (exact) mass is 388 g/mol. The van der Waals surface area contributed by atoms with Crippen LogP contribution in [0.2, 0.25) is 5.02 Å². The molecule has 1 aromatic carbocycles. The molecule has 0 bridgehead atoms. The maximum Gasteiger partial charge on any atom is 0.194 e. The Morgan fingerprint density at radius 3 is 2.96 bits per heavy atom. The molecule has 0 radical (unpaired) electrons. The quantitative estimate of drug-likeness (QED) is 0.706. The lowest BCUT2D eigenvalue weighted by Crippen LogP contribution is -2.29. The molecule has 4 N–H and O–H groups in total. The molecule has 2 aromatic rings. The van der Waals surface area contributed by atoms with E-state index in [-0.39, 0.29) is 10.9 Å². The van der Waals surface area contributed by atoms with Gasteiger partial charge in [-0.2, -0.15) is 0 Å². The summed E-state index contributed by atoms with van der Waals surface area (Å²) in [4.78, 5) is 3.97. The van der Waals surface area contributed by atoms with E-state index in [0.29, 0.717) is 28.3 Å². The highest BCUT2D eigenvalue weighted by Crippen LogP contribution is 2.30. The normalized spacial score (nSPS) is 21.6. The number of nitrogens with two attached hydrogens (primary N) is 1. The van der Waals surface area contributed by atoms with Crippen LogP contribution in [0.4, 0.5) is 15.2 Å². The highest BCUT2D eigenvalue weighted by Gasteiger charge is 2.24. The predicted octanol–water partition coefficient (Wildman–Crippen LogP) is 3.61. The number of nitrogens with zero attached hydrogens (tertiary/aromatic N) is 1. The molecule has 3 rings (SSSR count). The molecule has 9 heteroatoms. The second kappa shape index (κ2) is 7.77. The van der Waals surface area contributed by atoms with Crippen LogP contribution in [0.3, 0.4) is 0 Å². The molecule has 3 atom stereocenters. The molecule has 1 heterocycles. The van der Waals surface area contributed by atoms with Crippen molar-refractivity contribution in [3.8, 4) is 0 Å². The van der Waals surface area contributed by atoms with Gasteiger partial charge in [0.25, 0.3) is 0 Å². The van der Waals surface area contributed by atoms with Gasteiger partial charge in [0, 0.05) is 24.2 Å². The summed E-state index contributed by atoms with van der Waals surface area (Å²) in [5.41, 5.74) is 6.53. The number of anilines is 2. The first-order valence-electron chi connectivity index (χ1n) is 7.61. The molecular formula is C15H18ClFN4OS2. The van der Waals surface area contributed by atoms with Crippen LogP contribution in [0, 0.1) is 11.7 Å². The summed E-state index contributed by atoms with van der Waals surface area (Å²) in [6, 6.07) is 2.83. The lowest BCUT2D eigenvalue weighted by atomic mass is 10.0. The van der Waals surface area contributed by atoms with E-state index in [1.807, 2.05) is 0 Å². The number of hydrogen-bond acceptors (Lipinski definition) is 5. The number of halogens is 2. The van der Waals surface area contributed by atoms with Crippen molar-refractivity contribution >= 4 is 44.7 Å². The minimum atomic E-state index is -1.76. The summed E-state index contributed by atoms with van der Waals surface area (Å²) < 4.78 is 29.2. The Kier molecular flexibility index (Phi) is 5.70. The molecular weight excluding hydrogens is 371 g/mol. The first-order chi connectivity index (χ1) is 11.5. The largest absolute Gasteiger partial charge is 0.383 e. The molecule has 0 amide bonds. The van der Waals surface area contributed by atoms with Crippen molar-refractivity contribution < 1.29 is 8.60 Å². The van der Waals surface area contributed by atoms with Gasteiger partial charge in [-0.3, -0.25) is 4.72 Å². The van der Waals surface area contributed by atoms with E-state index >= 15 is 0 Å². The van der Waals surface area contributed by atoms with Gasteiger partial charge in [-0.15, -0.1) is 11.3 Å². The topological polar surface area (TPSA) is 80.0 Å². The predicted molar refractivity (Wildman–Crippen MR) is 97.4 cm³/mol. The minimum Gasteiger partial charge on any atom is -0.383 e. The summed E-state index contributed by atoms with van der Waals surface area (Å²) in [5, 5.41) is 5.68. The highest BCUT2D eigenvalue weighted by molar-refractivity contribution is 7.86. The molecule has 1 fully saturated rings. The molecule has 0 spiro atoms. The van der Waals surface area contributed by atoms with Crippen molar-refractivity contribution in [1.29, 1.82) is 0 Å². The number of benzene rings is 1. The van der Waals surface area contributed by atoms with Gasteiger partial charge in [0.1, 0.15) is 5.82 Å². The Morgan fingerprint density at radius 1 is 1.46 bits per heavy atom. The third-order valence-corrected chi connectivity index (χ3v) is 6.33. The SMILES string of the molecule is NC1CCCC1CNc1cc(F)c(S(=O)Nc2nccs2)cc1Cl. The van der Waals surface area contributed by atoms with Crippen molar-refractivity contribution in [2.45, 2.75) is 30.2 Å². The van der Waals surface area contributed by atoms with E-state index in [1.54, 1.807) is 11.6 Å². The smallest absolute Gasteiger partial charge is 0.194 e. The van der Waals surface area contributed by atoms with Gasteiger partial charge in [0.15, 0.2) is 16.1 Å². The molecule has 1 saturated carbocycles. The van der Waals surface area contributed by atoms with Crippen LogP contribution in [-0.2, 0) is 11.0 Å². The van der Waals surface area contributed by atoms with Crippen molar-refractivity contribution in [2.75, 3.05) is 16.6 Å². The highest BCUT2D eigenvalue weighted by atomic mass is 35.5. The fourth-order valence-electron chi connectivity index (χ4n) is 2.77. The second-order valence-electron chi connectivity index (χ2n) is 5.71. The zero-order valence-corrected chi connectivity index (χ0v) is 15.2. The molecule has 1 aromatic heterocycles. The molecule has 1 aliphatic carbocycles. The van der Waals surface area contributed by atoms with Crippen LogP contribution in [-0.4, -0.2) is 21.8 Å². The van der Waals surface area contributed by atoms with Crippen molar-refractivity contribution in [3.05, 3.63) is 34.5 Å². The Hall–Kier alpha value is -1.22. The average molecular weight is 389 g/mol. The van der Waals surface area contributed by atoms with Crippen LogP contribution in [0.25, 0.3) is 0 Å². The first kappa shape index (κ1) is 17.6. The van der Waals surface area contributed by atoms with Crippen LogP contribution in [0.1, 0.15) is 19.3 Å². The second-order valence-corrected chi connectivity index (χ2v) is 8.19. The molecule has 0 saturated heterocycles. The molecule has 5 nitrogen and oxygen atoms in total. The first-order valence-corrected chi connectivity index (χ1v) is 10.0. The van der Waals surface area contributed by atoms with E-state index in [4.69, 9.17) is 17.3 Å². The Balaban J connectivity index is 1.69. The summed E-state index contributed by atoms with van der Waals surface area (Å²) in [6.07, 6.45) is 4.78. The number of hydrogen-bond donors (Lipinski definition) is 3. The summed E-state index contributed by atoms with van der Waals surface area (Å²) in [5.74, 6) is -0.218. The van der Waals surface area contributed by atoms with Gasteiger partial charge in [0.05, 0.1) is 15.6 Å². The van der Waals surface area contributed by atoms with Gasteiger partial charge >= 0.3 is 0 Å². The van der Waals surface area contributed by atoms with E-state index < -0.39 is 16.8 Å². The van der Waals surface area contributed by atoms with E-state index in [0.717, 1.165) is 19.3 Å². The average Bonchev–Trinajstić information content (AvgIpc) is 3.19. The Labute approximate surface area is 151 Å². The summed E-state index contributed by atoms with van der Waals surface area (Å²) in [6.45, 7) is 0.653. The fourth-order valence-corrected chi connectivity index (χ4v) is 4.64. The molecule has 1 aliphatic rings. The lowest BCUT2D eigenvalue weighted by molar-refractivity contribution is 0.505. The van der Waals surface area contributed by atoms with E-state index in [2.05, 4.69) is 15.0 Å². The zero-order valence-electron chi connectivity index (χ0n) is 12.8.